The summed E-state index contributed by atoms with van der Waals surface area (Å²) >= 11 is 0. The molecule has 2 fully saturated rings. The summed E-state index contributed by atoms with van der Waals surface area (Å²) in [5.41, 5.74) is 0. The minimum absolute atomic E-state index is 0.628. The van der Waals surface area contributed by atoms with Gasteiger partial charge in [-0.25, -0.2) is 0 Å². The van der Waals surface area contributed by atoms with Gasteiger partial charge < -0.3 is 15.1 Å². The van der Waals surface area contributed by atoms with Gasteiger partial charge in [0.1, 0.15) is 0 Å². The van der Waals surface area contributed by atoms with Crippen LogP contribution in [0, 0.1) is 0 Å². The minimum atomic E-state index is 0.628. The Bertz CT molecular complexity index is 453. The van der Waals surface area contributed by atoms with Crippen LogP contribution in [0.3, 0.4) is 0 Å². The maximum absolute atomic E-state index is 4.72. The average Bonchev–Trinajstić information content (AvgIpc) is 3.13. The third-order valence-electron chi connectivity index (χ3n) is 3.92. The predicted octanol–water partition coefficient (Wildman–Crippen LogP) is 1.89. The fraction of sp³-hybridized carbons (Fsp3) is 0.786. The number of nitrogens with one attached hydrogen (secondary N) is 1. The summed E-state index contributed by atoms with van der Waals surface area (Å²) in [5.74, 6) is 2.38. The Morgan fingerprint density at radius 1 is 1.15 bits per heavy atom. The van der Waals surface area contributed by atoms with Gasteiger partial charge in [0.15, 0.2) is 0 Å². The van der Waals surface area contributed by atoms with E-state index in [0.717, 1.165) is 38.1 Å². The molecule has 0 radical (unpaired) electrons. The molecule has 1 saturated heterocycles. The van der Waals surface area contributed by atoms with Crippen LogP contribution in [0.15, 0.2) is 0 Å². The van der Waals surface area contributed by atoms with Crippen molar-refractivity contribution in [3.8, 4) is 0 Å². The second-order valence-electron chi connectivity index (χ2n) is 5.50. The summed E-state index contributed by atoms with van der Waals surface area (Å²) in [6, 6.07) is 0.628. The summed E-state index contributed by atoms with van der Waals surface area (Å²) in [4.78, 5) is 18.5. The zero-order valence-corrected chi connectivity index (χ0v) is 12.5. The van der Waals surface area contributed by atoms with Crippen molar-refractivity contribution >= 4 is 17.8 Å². The number of rotatable bonds is 6. The first-order valence-electron chi connectivity index (χ1n) is 7.83. The first-order valence-corrected chi connectivity index (χ1v) is 7.83. The van der Waals surface area contributed by atoms with Gasteiger partial charge in [0.25, 0.3) is 0 Å². The van der Waals surface area contributed by atoms with Crippen molar-refractivity contribution in [3.63, 3.8) is 0 Å². The van der Waals surface area contributed by atoms with Crippen molar-refractivity contribution in [3.05, 3.63) is 0 Å². The van der Waals surface area contributed by atoms with E-state index in [1.807, 2.05) is 0 Å². The lowest BCUT2D eigenvalue weighted by molar-refractivity contribution is 0.770. The van der Waals surface area contributed by atoms with Crippen molar-refractivity contribution in [2.24, 2.45) is 0 Å². The Morgan fingerprint density at radius 2 is 1.90 bits per heavy atom. The molecule has 0 atom stereocenters. The van der Waals surface area contributed by atoms with Crippen LogP contribution in [-0.4, -0.2) is 47.2 Å². The average molecular weight is 276 g/mol. The largest absolute Gasteiger partial charge is 0.354 e. The summed E-state index contributed by atoms with van der Waals surface area (Å²) < 4.78 is 0. The van der Waals surface area contributed by atoms with Gasteiger partial charge in [-0.1, -0.05) is 0 Å². The van der Waals surface area contributed by atoms with E-state index < -0.39 is 0 Å². The van der Waals surface area contributed by atoms with Crippen molar-refractivity contribution < 1.29 is 0 Å². The predicted molar refractivity (Wildman–Crippen MR) is 81.5 cm³/mol. The SMILES string of the molecule is CCNc1nc(N2CCCC2)nc(N(CC)C2CC2)n1. The molecule has 6 heteroatoms. The van der Waals surface area contributed by atoms with Crippen LogP contribution in [0.25, 0.3) is 0 Å². The molecule has 0 bridgehead atoms. The second kappa shape index (κ2) is 5.81. The maximum Gasteiger partial charge on any atom is 0.232 e. The molecule has 1 aromatic heterocycles. The highest BCUT2D eigenvalue weighted by Gasteiger charge is 2.30. The Balaban J connectivity index is 1.90. The van der Waals surface area contributed by atoms with E-state index in [-0.39, 0.29) is 0 Å². The molecular weight excluding hydrogens is 252 g/mol. The van der Waals surface area contributed by atoms with Crippen LogP contribution < -0.4 is 15.1 Å². The van der Waals surface area contributed by atoms with Gasteiger partial charge in [-0.3, -0.25) is 0 Å². The van der Waals surface area contributed by atoms with E-state index >= 15 is 0 Å². The van der Waals surface area contributed by atoms with Gasteiger partial charge in [0, 0.05) is 32.2 Å². The van der Waals surface area contributed by atoms with Crippen LogP contribution in [0.2, 0.25) is 0 Å². The van der Waals surface area contributed by atoms with E-state index in [9.17, 15) is 0 Å². The second-order valence-corrected chi connectivity index (χ2v) is 5.50. The van der Waals surface area contributed by atoms with Gasteiger partial charge >= 0.3 is 0 Å². The molecule has 3 rings (SSSR count). The van der Waals surface area contributed by atoms with Gasteiger partial charge in [-0.05, 0) is 39.5 Å². The molecule has 0 spiro atoms. The zero-order valence-electron chi connectivity index (χ0n) is 12.5. The molecule has 1 aliphatic carbocycles. The monoisotopic (exact) mass is 276 g/mol. The van der Waals surface area contributed by atoms with Crippen LogP contribution in [0.5, 0.6) is 0 Å². The summed E-state index contributed by atoms with van der Waals surface area (Å²) in [6.07, 6.45) is 4.99. The molecule has 2 aliphatic rings. The molecule has 0 amide bonds. The lowest BCUT2D eigenvalue weighted by Gasteiger charge is -2.23. The molecular formula is C14H24N6. The zero-order chi connectivity index (χ0) is 13.9. The Hall–Kier alpha value is -1.59. The van der Waals surface area contributed by atoms with E-state index in [1.165, 1.54) is 25.7 Å². The number of anilines is 3. The standard InChI is InChI=1S/C14H24N6/c1-3-15-12-16-13(19-9-5-6-10-19)18-14(17-12)20(4-2)11-7-8-11/h11H,3-10H2,1-2H3,(H,15,16,17,18). The number of hydrogen-bond donors (Lipinski definition) is 1. The quantitative estimate of drug-likeness (QED) is 0.856. The Labute approximate surface area is 120 Å². The molecule has 1 saturated carbocycles. The normalized spacial score (nSPS) is 18.4. The van der Waals surface area contributed by atoms with Gasteiger partial charge in [0.05, 0.1) is 0 Å². The van der Waals surface area contributed by atoms with Crippen LogP contribution in [-0.2, 0) is 0 Å². The van der Waals surface area contributed by atoms with Crippen molar-refractivity contribution in [2.75, 3.05) is 41.3 Å². The van der Waals surface area contributed by atoms with Crippen molar-refractivity contribution in [1.29, 1.82) is 0 Å². The molecule has 0 unspecified atom stereocenters. The van der Waals surface area contributed by atoms with Crippen LogP contribution in [0.1, 0.15) is 39.5 Å². The van der Waals surface area contributed by atoms with Crippen molar-refractivity contribution in [2.45, 2.75) is 45.6 Å². The lowest BCUT2D eigenvalue weighted by atomic mass is 10.4. The van der Waals surface area contributed by atoms with E-state index in [2.05, 4.69) is 38.9 Å². The number of hydrogen-bond acceptors (Lipinski definition) is 6. The highest BCUT2D eigenvalue weighted by atomic mass is 15.4. The molecule has 1 aliphatic heterocycles. The Morgan fingerprint density at radius 3 is 2.50 bits per heavy atom. The van der Waals surface area contributed by atoms with Crippen molar-refractivity contribution in [1.82, 2.24) is 15.0 Å². The molecule has 110 valence electrons. The van der Waals surface area contributed by atoms with E-state index in [1.54, 1.807) is 0 Å². The van der Waals surface area contributed by atoms with Gasteiger partial charge in [-0.2, -0.15) is 15.0 Å². The maximum atomic E-state index is 4.72. The summed E-state index contributed by atoms with van der Waals surface area (Å²) in [7, 11) is 0. The summed E-state index contributed by atoms with van der Waals surface area (Å²) in [5, 5.41) is 3.23. The first-order chi connectivity index (χ1) is 9.81. The molecule has 20 heavy (non-hydrogen) atoms. The first kappa shape index (κ1) is 13.4. The fourth-order valence-corrected chi connectivity index (χ4v) is 2.73. The number of aromatic nitrogens is 3. The molecule has 0 aromatic carbocycles. The smallest absolute Gasteiger partial charge is 0.232 e. The topological polar surface area (TPSA) is 57.2 Å². The third kappa shape index (κ3) is 2.78. The molecule has 2 heterocycles. The third-order valence-corrected chi connectivity index (χ3v) is 3.92. The highest BCUT2D eigenvalue weighted by Crippen LogP contribution is 2.30. The van der Waals surface area contributed by atoms with Gasteiger partial charge in [0.2, 0.25) is 17.8 Å². The molecule has 6 nitrogen and oxygen atoms in total. The molecule has 1 aromatic rings. The lowest BCUT2D eigenvalue weighted by Crippen LogP contribution is -2.29. The minimum Gasteiger partial charge on any atom is -0.354 e. The summed E-state index contributed by atoms with van der Waals surface area (Å²) in [6.45, 7) is 8.15. The van der Waals surface area contributed by atoms with Gasteiger partial charge in [-0.15, -0.1) is 0 Å². The van der Waals surface area contributed by atoms with E-state index in [0.29, 0.717) is 12.0 Å². The Kier molecular flexibility index (Phi) is 3.89. The van der Waals surface area contributed by atoms with E-state index in [4.69, 9.17) is 4.98 Å². The fourth-order valence-electron chi connectivity index (χ4n) is 2.73. The van der Waals surface area contributed by atoms with Crippen LogP contribution >= 0.6 is 0 Å². The highest BCUT2D eigenvalue weighted by molar-refractivity contribution is 5.46. The van der Waals surface area contributed by atoms with Crippen LogP contribution in [0.4, 0.5) is 17.8 Å². The molecule has 1 N–H and O–H groups in total. The number of nitrogens with zero attached hydrogens (tertiary/aromatic N) is 5.